The standard InChI is InChI=1S/C21H22Cl2N4OS/c1-27(13-15-7-8-17(22)18(23)11-15)10-4-9-24-20(28)14-29-21-25-12-16-5-2-3-6-19(16)26-21/h2-3,5-8,11-12H,4,9-10,13-14H2,1H3,(H,24,28). The lowest BCUT2D eigenvalue weighted by molar-refractivity contribution is -0.118. The van der Waals surface area contributed by atoms with Gasteiger partial charge in [-0.15, -0.1) is 0 Å². The van der Waals surface area contributed by atoms with Gasteiger partial charge in [-0.1, -0.05) is 59.2 Å². The molecule has 29 heavy (non-hydrogen) atoms. The van der Waals surface area contributed by atoms with Gasteiger partial charge in [0.15, 0.2) is 5.16 Å². The molecule has 1 N–H and O–H groups in total. The molecule has 0 aliphatic rings. The molecule has 1 aromatic heterocycles. The van der Waals surface area contributed by atoms with Crippen molar-refractivity contribution < 1.29 is 4.79 Å². The van der Waals surface area contributed by atoms with Crippen LogP contribution in [-0.2, 0) is 11.3 Å². The molecular weight excluding hydrogens is 427 g/mol. The summed E-state index contributed by atoms with van der Waals surface area (Å²) in [5.41, 5.74) is 1.99. The number of rotatable bonds is 9. The van der Waals surface area contributed by atoms with Crippen LogP contribution in [0.3, 0.4) is 0 Å². The van der Waals surface area contributed by atoms with E-state index in [4.69, 9.17) is 23.2 Å². The van der Waals surface area contributed by atoms with Crippen molar-refractivity contribution in [1.29, 1.82) is 0 Å². The van der Waals surface area contributed by atoms with Gasteiger partial charge in [0, 0.05) is 24.7 Å². The molecule has 0 fully saturated rings. The Morgan fingerprint density at radius 3 is 2.83 bits per heavy atom. The zero-order valence-electron chi connectivity index (χ0n) is 16.1. The molecule has 1 amide bonds. The molecule has 0 aliphatic carbocycles. The number of amides is 1. The van der Waals surface area contributed by atoms with Crippen LogP contribution in [0.15, 0.2) is 53.8 Å². The quantitative estimate of drug-likeness (QED) is 0.292. The van der Waals surface area contributed by atoms with E-state index in [2.05, 4.69) is 20.2 Å². The summed E-state index contributed by atoms with van der Waals surface area (Å²) in [6, 6.07) is 13.5. The minimum Gasteiger partial charge on any atom is -0.355 e. The van der Waals surface area contributed by atoms with Gasteiger partial charge in [-0.25, -0.2) is 9.97 Å². The molecule has 0 spiro atoms. The highest BCUT2D eigenvalue weighted by atomic mass is 35.5. The second-order valence-corrected chi connectivity index (χ2v) is 8.45. The highest BCUT2D eigenvalue weighted by Crippen LogP contribution is 2.23. The number of hydrogen-bond donors (Lipinski definition) is 1. The Bertz CT molecular complexity index is 986. The van der Waals surface area contributed by atoms with Crippen LogP contribution in [0.25, 0.3) is 10.9 Å². The summed E-state index contributed by atoms with van der Waals surface area (Å²) in [6.45, 7) is 2.27. The van der Waals surface area contributed by atoms with Gasteiger partial charge in [0.25, 0.3) is 0 Å². The predicted molar refractivity (Wildman–Crippen MR) is 121 cm³/mol. The van der Waals surface area contributed by atoms with Gasteiger partial charge in [-0.3, -0.25) is 4.79 Å². The van der Waals surface area contributed by atoms with Crippen LogP contribution >= 0.6 is 35.0 Å². The van der Waals surface area contributed by atoms with Crippen LogP contribution in [0.1, 0.15) is 12.0 Å². The number of carbonyl (C=O) groups is 1. The second kappa shape index (κ2) is 10.8. The number of halogens is 2. The SMILES string of the molecule is CN(CCCNC(=O)CSc1ncc2ccccc2n1)Cc1ccc(Cl)c(Cl)c1. The first-order valence-corrected chi connectivity index (χ1v) is 11.0. The summed E-state index contributed by atoms with van der Waals surface area (Å²) in [5.74, 6) is 0.288. The summed E-state index contributed by atoms with van der Waals surface area (Å²) in [4.78, 5) is 23.0. The van der Waals surface area contributed by atoms with E-state index in [1.165, 1.54) is 11.8 Å². The maximum atomic E-state index is 12.1. The highest BCUT2D eigenvalue weighted by molar-refractivity contribution is 7.99. The smallest absolute Gasteiger partial charge is 0.230 e. The molecule has 0 unspecified atom stereocenters. The molecule has 2 aromatic carbocycles. The van der Waals surface area contributed by atoms with Crippen molar-refractivity contribution in [2.75, 3.05) is 25.9 Å². The maximum Gasteiger partial charge on any atom is 0.230 e. The van der Waals surface area contributed by atoms with Gasteiger partial charge >= 0.3 is 0 Å². The topological polar surface area (TPSA) is 58.1 Å². The highest BCUT2D eigenvalue weighted by Gasteiger charge is 2.07. The number of hydrogen-bond acceptors (Lipinski definition) is 5. The molecule has 0 radical (unpaired) electrons. The van der Waals surface area contributed by atoms with Crippen LogP contribution in [0, 0.1) is 0 Å². The van der Waals surface area contributed by atoms with Crippen molar-refractivity contribution in [3.8, 4) is 0 Å². The predicted octanol–water partition coefficient (Wildman–Crippen LogP) is 4.67. The van der Waals surface area contributed by atoms with Gasteiger partial charge in [0.05, 0.1) is 21.3 Å². The van der Waals surface area contributed by atoms with Crippen molar-refractivity contribution >= 4 is 51.8 Å². The summed E-state index contributed by atoms with van der Waals surface area (Å²) in [7, 11) is 2.04. The molecule has 0 saturated heterocycles. The maximum absolute atomic E-state index is 12.1. The van der Waals surface area contributed by atoms with Crippen molar-refractivity contribution in [3.05, 3.63) is 64.3 Å². The minimum atomic E-state index is -0.0149. The fraction of sp³-hybridized carbons (Fsp3) is 0.286. The van der Waals surface area contributed by atoms with Crippen molar-refractivity contribution in [1.82, 2.24) is 20.2 Å². The monoisotopic (exact) mass is 448 g/mol. The average molecular weight is 449 g/mol. The van der Waals surface area contributed by atoms with Gasteiger partial charge in [-0.2, -0.15) is 0 Å². The van der Waals surface area contributed by atoms with E-state index in [0.717, 1.165) is 36.0 Å². The van der Waals surface area contributed by atoms with Crippen molar-refractivity contribution in [2.45, 2.75) is 18.1 Å². The molecule has 5 nitrogen and oxygen atoms in total. The number of nitrogens with zero attached hydrogens (tertiary/aromatic N) is 3. The van der Waals surface area contributed by atoms with E-state index in [1.54, 1.807) is 6.20 Å². The first kappa shape index (κ1) is 21.8. The third kappa shape index (κ3) is 6.85. The van der Waals surface area contributed by atoms with E-state index in [-0.39, 0.29) is 5.91 Å². The zero-order chi connectivity index (χ0) is 20.6. The van der Waals surface area contributed by atoms with Crippen LogP contribution in [0.5, 0.6) is 0 Å². The van der Waals surface area contributed by atoms with Gasteiger partial charge in [0.2, 0.25) is 5.91 Å². The van der Waals surface area contributed by atoms with Crippen LogP contribution < -0.4 is 5.32 Å². The van der Waals surface area contributed by atoms with E-state index in [9.17, 15) is 4.79 Å². The summed E-state index contributed by atoms with van der Waals surface area (Å²) in [5, 5.41) is 5.68. The molecule has 0 atom stereocenters. The fourth-order valence-corrected chi connectivity index (χ4v) is 3.78. The lowest BCUT2D eigenvalue weighted by atomic mass is 10.2. The van der Waals surface area contributed by atoms with Crippen LogP contribution in [0.2, 0.25) is 10.0 Å². The van der Waals surface area contributed by atoms with Crippen molar-refractivity contribution in [2.24, 2.45) is 0 Å². The normalized spacial score (nSPS) is 11.2. The number of thioether (sulfide) groups is 1. The second-order valence-electron chi connectivity index (χ2n) is 6.69. The number of benzene rings is 2. The average Bonchev–Trinajstić information content (AvgIpc) is 2.72. The van der Waals surface area contributed by atoms with E-state index in [1.807, 2.05) is 49.5 Å². The van der Waals surface area contributed by atoms with Crippen LogP contribution in [0.4, 0.5) is 0 Å². The number of aromatic nitrogens is 2. The minimum absolute atomic E-state index is 0.0149. The Morgan fingerprint density at radius 1 is 1.17 bits per heavy atom. The Labute approximate surface area is 184 Å². The largest absolute Gasteiger partial charge is 0.355 e. The molecule has 3 rings (SSSR count). The number of fused-ring (bicyclic) bond motifs is 1. The third-order valence-corrected chi connectivity index (χ3v) is 5.88. The Hall–Kier alpha value is -1.86. The molecule has 0 aliphatic heterocycles. The van der Waals surface area contributed by atoms with Gasteiger partial charge in [0.1, 0.15) is 0 Å². The lowest BCUT2D eigenvalue weighted by Crippen LogP contribution is -2.29. The van der Waals surface area contributed by atoms with Crippen molar-refractivity contribution in [3.63, 3.8) is 0 Å². The number of nitrogens with one attached hydrogen (secondary N) is 1. The van der Waals surface area contributed by atoms with Gasteiger partial charge in [-0.05, 0) is 43.8 Å². The zero-order valence-corrected chi connectivity index (χ0v) is 18.4. The summed E-state index contributed by atoms with van der Waals surface area (Å²) >= 11 is 13.3. The third-order valence-electron chi connectivity index (χ3n) is 4.27. The molecule has 0 bridgehead atoms. The first-order chi connectivity index (χ1) is 14.0. The Balaban J connectivity index is 1.34. The molecule has 8 heteroatoms. The molecular formula is C21H22Cl2N4OS. The van der Waals surface area contributed by atoms with E-state index < -0.39 is 0 Å². The lowest BCUT2D eigenvalue weighted by Gasteiger charge is -2.17. The molecule has 1 heterocycles. The fourth-order valence-electron chi connectivity index (χ4n) is 2.81. The Kier molecular flexibility index (Phi) is 8.12. The van der Waals surface area contributed by atoms with Gasteiger partial charge < -0.3 is 10.2 Å². The molecule has 3 aromatic rings. The number of carbonyl (C=O) groups excluding carboxylic acids is 1. The summed E-state index contributed by atoms with van der Waals surface area (Å²) in [6.07, 6.45) is 2.65. The number of para-hydroxylation sites is 1. The molecule has 0 saturated carbocycles. The summed E-state index contributed by atoms with van der Waals surface area (Å²) < 4.78 is 0. The molecule has 152 valence electrons. The van der Waals surface area contributed by atoms with E-state index >= 15 is 0 Å². The van der Waals surface area contributed by atoms with E-state index in [0.29, 0.717) is 27.5 Å². The first-order valence-electron chi connectivity index (χ1n) is 9.25. The van der Waals surface area contributed by atoms with Crippen LogP contribution in [-0.4, -0.2) is 46.7 Å². The Morgan fingerprint density at radius 2 is 2.00 bits per heavy atom.